The van der Waals surface area contributed by atoms with E-state index in [1.54, 1.807) is 0 Å². The van der Waals surface area contributed by atoms with Gasteiger partial charge in [-0.3, -0.25) is 9.67 Å². The largest absolute Gasteiger partial charge is 0.264 e. The van der Waals surface area contributed by atoms with Gasteiger partial charge in [0.1, 0.15) is 0 Å². The van der Waals surface area contributed by atoms with Gasteiger partial charge in [-0.25, -0.2) is 0 Å². The molecule has 16 heavy (non-hydrogen) atoms. The van der Waals surface area contributed by atoms with Crippen molar-refractivity contribution in [1.82, 2.24) is 14.8 Å². The number of aromatic nitrogens is 3. The number of hydrogen-bond acceptors (Lipinski definition) is 2. The molecule has 1 atom stereocenters. The molecule has 3 nitrogen and oxygen atoms in total. The highest BCUT2D eigenvalue weighted by molar-refractivity contribution is 14.1. The maximum absolute atomic E-state index is 4.73. The van der Waals surface area contributed by atoms with E-state index < -0.39 is 0 Å². The molecule has 2 rings (SSSR count). The molecule has 2 aromatic rings. The molecule has 86 valence electrons. The van der Waals surface area contributed by atoms with Gasteiger partial charge in [-0.05, 0) is 18.9 Å². The van der Waals surface area contributed by atoms with Crippen molar-refractivity contribution >= 4 is 33.5 Å². The third-order valence-electron chi connectivity index (χ3n) is 2.72. The van der Waals surface area contributed by atoms with Crippen LogP contribution in [-0.2, 0) is 0 Å². The van der Waals surface area contributed by atoms with Gasteiger partial charge >= 0.3 is 0 Å². The number of halogens is 1. The number of rotatable bonds is 3. The summed E-state index contributed by atoms with van der Waals surface area (Å²) >= 11 is 2.40. The highest BCUT2D eigenvalue weighted by Gasteiger charge is 2.15. The quantitative estimate of drug-likeness (QED) is 0.637. The lowest BCUT2D eigenvalue weighted by Crippen LogP contribution is -2.08. The lowest BCUT2D eigenvalue weighted by molar-refractivity contribution is 0.552. The highest BCUT2D eigenvalue weighted by atomic mass is 127. The van der Waals surface area contributed by atoms with Gasteiger partial charge in [0.2, 0.25) is 0 Å². The summed E-state index contributed by atoms with van der Waals surface area (Å²) in [6.07, 6.45) is 3.76. The maximum Gasteiger partial charge on any atom is 0.0744 e. The minimum Gasteiger partial charge on any atom is -0.264 e. The van der Waals surface area contributed by atoms with Crippen molar-refractivity contribution in [2.75, 3.05) is 4.43 Å². The number of hydrogen-bond donors (Lipinski definition) is 0. The first-order valence-corrected chi connectivity index (χ1v) is 7.05. The summed E-state index contributed by atoms with van der Waals surface area (Å²) < 4.78 is 3.19. The summed E-state index contributed by atoms with van der Waals surface area (Å²) in [5.74, 6) is 0.439. The molecule has 0 spiro atoms. The average molecular weight is 329 g/mol. The normalized spacial score (nSPS) is 13.6. The molecule has 0 aliphatic carbocycles. The summed E-state index contributed by atoms with van der Waals surface area (Å²) in [6.45, 7) is 6.55. The number of alkyl halides is 1. The van der Waals surface area contributed by atoms with Crippen LogP contribution < -0.4 is 0 Å². The zero-order valence-electron chi connectivity index (χ0n) is 9.81. The molecule has 0 aliphatic heterocycles. The summed E-state index contributed by atoms with van der Waals surface area (Å²) in [7, 11) is 0. The topological polar surface area (TPSA) is 30.7 Å². The molecule has 4 heteroatoms. The van der Waals surface area contributed by atoms with Crippen LogP contribution in [0.5, 0.6) is 0 Å². The molecular weight excluding hydrogens is 313 g/mol. The van der Waals surface area contributed by atoms with E-state index in [1.165, 1.54) is 10.9 Å². The minimum absolute atomic E-state index is 0.429. The first kappa shape index (κ1) is 11.8. The molecule has 0 N–H and O–H groups in total. The Morgan fingerprint density at radius 1 is 1.38 bits per heavy atom. The first-order chi connectivity index (χ1) is 7.65. The zero-order valence-corrected chi connectivity index (χ0v) is 12.0. The van der Waals surface area contributed by atoms with E-state index >= 15 is 0 Å². The van der Waals surface area contributed by atoms with Crippen molar-refractivity contribution in [3.05, 3.63) is 24.2 Å². The Morgan fingerprint density at radius 2 is 2.12 bits per heavy atom. The fourth-order valence-electron chi connectivity index (χ4n) is 1.84. The van der Waals surface area contributed by atoms with Crippen LogP contribution in [0.3, 0.4) is 0 Å². The molecule has 0 saturated heterocycles. The van der Waals surface area contributed by atoms with Gasteiger partial charge in [-0.15, -0.1) is 0 Å². The average Bonchev–Trinajstić information content (AvgIpc) is 2.67. The van der Waals surface area contributed by atoms with Crippen molar-refractivity contribution in [3.63, 3.8) is 0 Å². The highest BCUT2D eigenvalue weighted by Crippen LogP contribution is 2.26. The van der Waals surface area contributed by atoms with E-state index in [0.717, 1.165) is 10.1 Å². The van der Waals surface area contributed by atoms with Gasteiger partial charge in [0.25, 0.3) is 0 Å². The van der Waals surface area contributed by atoms with Crippen LogP contribution >= 0.6 is 22.6 Å². The van der Waals surface area contributed by atoms with Crippen molar-refractivity contribution in [2.24, 2.45) is 0 Å². The number of fused-ring (bicyclic) bond motifs is 1. The Labute approximate surface area is 109 Å². The van der Waals surface area contributed by atoms with E-state index in [9.17, 15) is 0 Å². The minimum atomic E-state index is 0.429. The molecule has 0 aromatic carbocycles. The lowest BCUT2D eigenvalue weighted by Gasteiger charge is -2.09. The van der Waals surface area contributed by atoms with Crippen LogP contribution in [-0.4, -0.2) is 19.2 Å². The van der Waals surface area contributed by atoms with E-state index in [-0.39, 0.29) is 0 Å². The fraction of sp³-hybridized carbons (Fsp3) is 0.500. The second kappa shape index (κ2) is 4.69. The van der Waals surface area contributed by atoms with E-state index in [1.807, 2.05) is 12.4 Å². The van der Waals surface area contributed by atoms with Crippen LogP contribution in [0.1, 0.15) is 38.4 Å². The Balaban J connectivity index is 2.66. The third kappa shape index (κ3) is 1.95. The molecule has 0 amide bonds. The van der Waals surface area contributed by atoms with Gasteiger partial charge in [-0.2, -0.15) is 5.10 Å². The molecule has 0 fully saturated rings. The SMILES string of the molecule is CC(C)c1nn(C(C)CI)c2ccncc12. The van der Waals surface area contributed by atoms with Crippen LogP contribution in [0.2, 0.25) is 0 Å². The van der Waals surface area contributed by atoms with Crippen molar-refractivity contribution in [3.8, 4) is 0 Å². The third-order valence-corrected chi connectivity index (χ3v) is 4.00. The Bertz CT molecular complexity index is 490. The maximum atomic E-state index is 4.73. The van der Waals surface area contributed by atoms with Crippen LogP contribution in [0.4, 0.5) is 0 Å². The molecule has 2 heterocycles. The second-order valence-corrected chi connectivity index (χ2v) is 5.26. The Kier molecular flexibility index (Phi) is 3.47. The predicted molar refractivity (Wildman–Crippen MR) is 75.2 cm³/mol. The fourth-order valence-corrected chi connectivity index (χ4v) is 2.21. The van der Waals surface area contributed by atoms with Gasteiger partial charge < -0.3 is 0 Å². The van der Waals surface area contributed by atoms with E-state index in [2.05, 4.69) is 59.1 Å². The Hall–Kier alpha value is -0.650. The summed E-state index contributed by atoms with van der Waals surface area (Å²) in [5, 5.41) is 5.92. The second-order valence-electron chi connectivity index (χ2n) is 4.38. The smallest absolute Gasteiger partial charge is 0.0744 e. The van der Waals surface area contributed by atoms with Gasteiger partial charge in [0.05, 0.1) is 17.3 Å². The number of nitrogens with zero attached hydrogens (tertiary/aromatic N) is 3. The van der Waals surface area contributed by atoms with E-state index in [4.69, 9.17) is 5.10 Å². The van der Waals surface area contributed by atoms with Crippen molar-refractivity contribution in [2.45, 2.75) is 32.7 Å². The molecular formula is C12H16IN3. The molecule has 2 aromatic heterocycles. The van der Waals surface area contributed by atoms with Gasteiger partial charge in [-0.1, -0.05) is 36.4 Å². The van der Waals surface area contributed by atoms with Crippen LogP contribution in [0.15, 0.2) is 18.5 Å². The monoisotopic (exact) mass is 329 g/mol. The van der Waals surface area contributed by atoms with Crippen LogP contribution in [0, 0.1) is 0 Å². The summed E-state index contributed by atoms with van der Waals surface area (Å²) in [4.78, 5) is 4.20. The Morgan fingerprint density at radius 3 is 2.75 bits per heavy atom. The van der Waals surface area contributed by atoms with Gasteiger partial charge in [0, 0.05) is 22.2 Å². The number of pyridine rings is 1. The van der Waals surface area contributed by atoms with Crippen molar-refractivity contribution in [1.29, 1.82) is 0 Å². The van der Waals surface area contributed by atoms with Gasteiger partial charge in [0.15, 0.2) is 0 Å². The predicted octanol–water partition coefficient (Wildman–Crippen LogP) is 3.55. The standard InChI is InChI=1S/C12H16IN3/c1-8(2)12-10-7-14-5-4-11(10)16(15-12)9(3)6-13/h4-5,7-9H,6H2,1-3H3. The first-order valence-electron chi connectivity index (χ1n) is 5.53. The zero-order chi connectivity index (χ0) is 11.7. The summed E-state index contributed by atoms with van der Waals surface area (Å²) in [5.41, 5.74) is 2.35. The molecule has 0 aliphatic rings. The molecule has 0 saturated carbocycles. The molecule has 0 bridgehead atoms. The lowest BCUT2D eigenvalue weighted by atomic mass is 10.1. The van der Waals surface area contributed by atoms with E-state index in [0.29, 0.717) is 12.0 Å². The molecule has 1 unspecified atom stereocenters. The van der Waals surface area contributed by atoms with Crippen molar-refractivity contribution < 1.29 is 0 Å². The molecule has 0 radical (unpaired) electrons. The van der Waals surface area contributed by atoms with Crippen LogP contribution in [0.25, 0.3) is 10.9 Å². The summed E-state index contributed by atoms with van der Waals surface area (Å²) in [6, 6.07) is 2.48.